The van der Waals surface area contributed by atoms with Crippen LogP contribution in [-0.4, -0.2) is 38.8 Å². The third-order valence-corrected chi connectivity index (χ3v) is 8.44. The van der Waals surface area contributed by atoms with Crippen molar-refractivity contribution in [3.63, 3.8) is 0 Å². The second-order valence-corrected chi connectivity index (χ2v) is 10.2. The highest BCUT2D eigenvalue weighted by Gasteiger charge is 2.48. The fraction of sp³-hybridized carbons (Fsp3) is 0.458. The third kappa shape index (κ3) is 4.03. The minimum atomic E-state index is -3.65. The molecule has 1 aliphatic heterocycles. The van der Waals surface area contributed by atoms with Gasteiger partial charge in [-0.1, -0.05) is 44.9 Å². The molecular weight excluding hydrogens is 400 g/mol. The molecule has 0 bridgehead atoms. The summed E-state index contributed by atoms with van der Waals surface area (Å²) in [6, 6.07) is 12.0. The summed E-state index contributed by atoms with van der Waals surface area (Å²) in [5.41, 5.74) is 0.870. The van der Waals surface area contributed by atoms with E-state index >= 15 is 0 Å². The Morgan fingerprint density at radius 3 is 2.60 bits per heavy atom. The molecule has 0 unspecified atom stereocenters. The molecule has 1 aliphatic rings. The Hall–Kier alpha value is -2.18. The van der Waals surface area contributed by atoms with Gasteiger partial charge in [0.25, 0.3) is 0 Å². The van der Waals surface area contributed by atoms with Crippen LogP contribution in [0.15, 0.2) is 47.4 Å². The zero-order valence-electron chi connectivity index (χ0n) is 17.8. The van der Waals surface area contributed by atoms with Gasteiger partial charge in [-0.2, -0.15) is 0 Å². The fourth-order valence-corrected chi connectivity index (χ4v) is 6.92. The van der Waals surface area contributed by atoms with Crippen LogP contribution >= 0.6 is 0 Å². The number of ether oxygens (including phenoxy) is 1. The van der Waals surface area contributed by atoms with E-state index in [-0.39, 0.29) is 10.6 Å². The van der Waals surface area contributed by atoms with Gasteiger partial charge in [-0.25, -0.2) is 8.42 Å². The van der Waals surface area contributed by atoms with Gasteiger partial charge in [-0.3, -0.25) is 4.79 Å². The number of aliphatic hydroxyl groups is 1. The first-order chi connectivity index (χ1) is 14.3. The summed E-state index contributed by atoms with van der Waals surface area (Å²) in [5, 5.41) is 11.8. The van der Waals surface area contributed by atoms with Crippen LogP contribution in [0.1, 0.15) is 66.9 Å². The van der Waals surface area contributed by atoms with Crippen molar-refractivity contribution >= 4 is 16.1 Å². The van der Waals surface area contributed by atoms with Crippen molar-refractivity contribution in [2.45, 2.75) is 56.4 Å². The molecule has 5 nitrogen and oxygen atoms in total. The highest BCUT2D eigenvalue weighted by molar-refractivity contribution is 7.91. The maximum atomic E-state index is 13.5. The molecule has 6 heteroatoms. The summed E-state index contributed by atoms with van der Waals surface area (Å²) < 4.78 is 32.3. The molecular formula is C24H30O5S. The van der Waals surface area contributed by atoms with E-state index in [1.165, 1.54) is 12.1 Å². The van der Waals surface area contributed by atoms with Crippen molar-refractivity contribution in [1.29, 1.82) is 0 Å². The Morgan fingerprint density at radius 1 is 1.20 bits per heavy atom. The molecule has 30 heavy (non-hydrogen) atoms. The first kappa shape index (κ1) is 22.5. The topological polar surface area (TPSA) is 80.7 Å². The molecule has 0 fully saturated rings. The predicted octanol–water partition coefficient (Wildman–Crippen LogP) is 4.37. The lowest BCUT2D eigenvalue weighted by atomic mass is 9.69. The van der Waals surface area contributed by atoms with Gasteiger partial charge in [0.05, 0.1) is 23.9 Å². The third-order valence-electron chi connectivity index (χ3n) is 6.45. The van der Waals surface area contributed by atoms with Crippen LogP contribution in [-0.2, 0) is 9.84 Å². The lowest BCUT2D eigenvalue weighted by Gasteiger charge is -2.39. The van der Waals surface area contributed by atoms with E-state index in [9.17, 15) is 18.3 Å². The van der Waals surface area contributed by atoms with E-state index in [0.29, 0.717) is 36.0 Å². The fourth-order valence-electron chi connectivity index (χ4n) is 4.67. The minimum absolute atomic E-state index is 0.106. The van der Waals surface area contributed by atoms with Crippen molar-refractivity contribution in [2.75, 3.05) is 12.9 Å². The number of sulfone groups is 1. The molecule has 0 saturated heterocycles. The predicted molar refractivity (Wildman–Crippen MR) is 117 cm³/mol. The lowest BCUT2D eigenvalue weighted by molar-refractivity contribution is 0.0173. The molecule has 1 heterocycles. The number of carbonyl (C=O) groups is 1. The van der Waals surface area contributed by atoms with E-state index in [4.69, 9.17) is 4.74 Å². The molecule has 0 spiro atoms. The second kappa shape index (κ2) is 8.90. The van der Waals surface area contributed by atoms with E-state index in [1.54, 1.807) is 13.2 Å². The Kier molecular flexibility index (Phi) is 6.68. The van der Waals surface area contributed by atoms with Crippen LogP contribution in [0.5, 0.6) is 5.75 Å². The van der Waals surface area contributed by atoms with Crippen molar-refractivity contribution in [1.82, 2.24) is 0 Å². The van der Waals surface area contributed by atoms with Crippen LogP contribution in [0, 0.1) is 5.41 Å². The van der Waals surface area contributed by atoms with Gasteiger partial charge in [-0.05, 0) is 48.2 Å². The summed E-state index contributed by atoms with van der Waals surface area (Å²) >= 11 is 0. The Morgan fingerprint density at radius 2 is 1.97 bits per heavy atom. The van der Waals surface area contributed by atoms with E-state index in [2.05, 4.69) is 6.92 Å². The van der Waals surface area contributed by atoms with Crippen molar-refractivity contribution in [2.24, 2.45) is 5.41 Å². The monoisotopic (exact) mass is 430 g/mol. The van der Waals surface area contributed by atoms with Crippen molar-refractivity contribution < 1.29 is 23.1 Å². The van der Waals surface area contributed by atoms with Gasteiger partial charge >= 0.3 is 0 Å². The number of aliphatic hydroxyl groups excluding tert-OH is 1. The standard InChI is InChI=1S/C24H30O5S/c1-4-6-12-24(5-2)16-30(27,28)21-11-10-17(15-25)13-20(21)22(23(24)26)18-8-7-9-19(14-18)29-3/h7-11,13-15,22-23,26H,4-6,12,16H2,1-3H3/t22-,23-,24-/m1/s1. The molecule has 3 rings (SSSR count). The number of hydrogen-bond donors (Lipinski definition) is 1. The van der Waals surface area contributed by atoms with Gasteiger partial charge in [-0.15, -0.1) is 0 Å². The summed E-state index contributed by atoms with van der Waals surface area (Å²) in [4.78, 5) is 11.7. The molecule has 0 saturated carbocycles. The highest BCUT2D eigenvalue weighted by Crippen LogP contribution is 2.49. The molecule has 2 aromatic carbocycles. The zero-order chi connectivity index (χ0) is 21.9. The summed E-state index contributed by atoms with van der Waals surface area (Å²) in [6.07, 6.45) is 2.70. The van der Waals surface area contributed by atoms with Gasteiger partial charge in [0.1, 0.15) is 12.0 Å². The molecule has 162 valence electrons. The number of benzene rings is 2. The zero-order valence-corrected chi connectivity index (χ0v) is 18.6. The van der Waals surface area contributed by atoms with Crippen LogP contribution < -0.4 is 4.74 Å². The first-order valence-electron chi connectivity index (χ1n) is 10.5. The van der Waals surface area contributed by atoms with Crippen LogP contribution in [0.25, 0.3) is 0 Å². The van der Waals surface area contributed by atoms with Crippen molar-refractivity contribution in [3.8, 4) is 5.75 Å². The summed E-state index contributed by atoms with van der Waals surface area (Å²) in [6.45, 7) is 4.01. The van der Waals surface area contributed by atoms with E-state index in [1.807, 2.05) is 31.2 Å². The average molecular weight is 431 g/mol. The molecule has 0 amide bonds. The maximum Gasteiger partial charge on any atom is 0.179 e. The van der Waals surface area contributed by atoms with Crippen LogP contribution in [0.2, 0.25) is 0 Å². The number of aldehydes is 1. The lowest BCUT2D eigenvalue weighted by Crippen LogP contribution is -2.42. The smallest absolute Gasteiger partial charge is 0.179 e. The number of carbonyl (C=O) groups excluding carboxylic acids is 1. The molecule has 0 aromatic heterocycles. The number of rotatable bonds is 7. The first-order valence-corrected chi connectivity index (χ1v) is 12.1. The number of unbranched alkanes of at least 4 members (excludes halogenated alkanes) is 1. The molecule has 0 radical (unpaired) electrons. The van der Waals surface area contributed by atoms with E-state index < -0.39 is 27.3 Å². The maximum absolute atomic E-state index is 13.5. The number of fused-ring (bicyclic) bond motifs is 1. The molecule has 1 N–H and O–H groups in total. The Labute approximate surface area is 179 Å². The van der Waals surface area contributed by atoms with Crippen molar-refractivity contribution in [3.05, 3.63) is 59.2 Å². The van der Waals surface area contributed by atoms with Gasteiger partial charge in [0.15, 0.2) is 9.84 Å². The summed E-state index contributed by atoms with van der Waals surface area (Å²) in [5.74, 6) is -0.0504. The summed E-state index contributed by atoms with van der Waals surface area (Å²) in [7, 11) is -2.08. The largest absolute Gasteiger partial charge is 0.497 e. The average Bonchev–Trinajstić information content (AvgIpc) is 2.83. The molecule has 2 aromatic rings. The van der Waals surface area contributed by atoms with E-state index in [0.717, 1.165) is 18.4 Å². The quantitative estimate of drug-likeness (QED) is 0.660. The highest BCUT2D eigenvalue weighted by atomic mass is 32.2. The normalized spacial score (nSPS) is 25.2. The molecule has 0 aliphatic carbocycles. The van der Waals surface area contributed by atoms with Gasteiger partial charge < -0.3 is 9.84 Å². The van der Waals surface area contributed by atoms with Crippen LogP contribution in [0.3, 0.4) is 0 Å². The number of hydrogen-bond acceptors (Lipinski definition) is 5. The Balaban J connectivity index is 2.32. The number of methoxy groups -OCH3 is 1. The Bertz CT molecular complexity index is 1010. The SMILES string of the molecule is CCCC[C@]1(CC)CS(=O)(=O)c2ccc(C=O)cc2[C@@H](c2cccc(OC)c2)[C@H]1O. The second-order valence-electron chi connectivity index (χ2n) is 8.19. The van der Waals surface area contributed by atoms with Crippen LogP contribution in [0.4, 0.5) is 0 Å². The minimum Gasteiger partial charge on any atom is -0.497 e. The van der Waals surface area contributed by atoms with Gasteiger partial charge in [0.2, 0.25) is 0 Å². The molecule has 3 atom stereocenters. The van der Waals surface area contributed by atoms with Gasteiger partial charge in [0, 0.05) is 16.9 Å².